The van der Waals surface area contributed by atoms with Crippen LogP contribution in [0.4, 0.5) is 5.69 Å². The lowest BCUT2D eigenvalue weighted by Gasteiger charge is -2.36. The molecule has 8 nitrogen and oxygen atoms in total. The van der Waals surface area contributed by atoms with Crippen LogP contribution in [0.15, 0.2) is 24.3 Å². The summed E-state index contributed by atoms with van der Waals surface area (Å²) < 4.78 is 6.07. The number of nitrogens with two attached hydrogens (primary N) is 1. The van der Waals surface area contributed by atoms with Crippen LogP contribution in [0.3, 0.4) is 0 Å². The van der Waals surface area contributed by atoms with E-state index in [2.05, 4.69) is 5.32 Å². The molecule has 0 aromatic heterocycles. The number of nitrogens with one attached hydrogen (secondary N) is 1. The summed E-state index contributed by atoms with van der Waals surface area (Å²) >= 11 is 0. The molecule has 8 heteroatoms. The van der Waals surface area contributed by atoms with Gasteiger partial charge in [0, 0.05) is 20.0 Å². The van der Waals surface area contributed by atoms with Crippen LogP contribution in [0, 0.1) is 5.92 Å². The molecule has 158 valence electrons. The van der Waals surface area contributed by atoms with Crippen LogP contribution in [-0.4, -0.2) is 65.3 Å². The molecule has 3 atom stereocenters. The first-order valence-electron chi connectivity index (χ1n) is 10.0. The molecule has 1 unspecified atom stereocenters. The molecular weight excluding hydrogens is 372 g/mol. The molecule has 1 aromatic carbocycles. The lowest BCUT2D eigenvalue weighted by Crippen LogP contribution is -2.56. The third kappa shape index (κ3) is 4.07. The van der Waals surface area contributed by atoms with Gasteiger partial charge in [-0.2, -0.15) is 0 Å². The van der Waals surface area contributed by atoms with Crippen LogP contribution in [0.1, 0.15) is 33.6 Å². The number of hydrogen-bond acceptors (Lipinski definition) is 5. The molecule has 3 amide bonds. The molecule has 2 heterocycles. The lowest BCUT2D eigenvalue weighted by molar-refractivity contribution is -0.146. The minimum Gasteiger partial charge on any atom is -0.473 e. The first-order chi connectivity index (χ1) is 13.6. The van der Waals surface area contributed by atoms with E-state index in [0.717, 1.165) is 0 Å². The molecule has 2 aliphatic heterocycles. The summed E-state index contributed by atoms with van der Waals surface area (Å²) in [5.74, 6) is 0.113. The molecule has 1 spiro atoms. The first-order valence-corrected chi connectivity index (χ1v) is 10.0. The van der Waals surface area contributed by atoms with Crippen molar-refractivity contribution in [2.24, 2.45) is 11.7 Å². The second kappa shape index (κ2) is 8.02. The second-order valence-electron chi connectivity index (χ2n) is 8.44. The number of amides is 3. The van der Waals surface area contributed by atoms with E-state index in [-0.39, 0.29) is 30.2 Å². The minimum atomic E-state index is -1.10. The van der Waals surface area contributed by atoms with Crippen molar-refractivity contribution in [3.8, 4) is 5.75 Å². The van der Waals surface area contributed by atoms with Crippen molar-refractivity contribution in [3.05, 3.63) is 24.3 Å². The molecule has 1 saturated heterocycles. The fourth-order valence-corrected chi connectivity index (χ4v) is 3.95. The zero-order valence-electron chi connectivity index (χ0n) is 17.5. The van der Waals surface area contributed by atoms with Gasteiger partial charge in [-0.05, 0) is 31.4 Å². The van der Waals surface area contributed by atoms with E-state index in [1.165, 1.54) is 4.90 Å². The highest BCUT2D eigenvalue weighted by Gasteiger charge is 2.51. The fourth-order valence-electron chi connectivity index (χ4n) is 3.95. The molecule has 0 bridgehead atoms. The van der Waals surface area contributed by atoms with Crippen LogP contribution in [0.2, 0.25) is 0 Å². The number of anilines is 1. The molecule has 3 rings (SSSR count). The van der Waals surface area contributed by atoms with Gasteiger partial charge in [0.25, 0.3) is 5.91 Å². The van der Waals surface area contributed by atoms with Gasteiger partial charge >= 0.3 is 0 Å². The number of hydrogen-bond donors (Lipinski definition) is 2. The fraction of sp³-hybridized carbons (Fsp3) is 0.571. The highest BCUT2D eigenvalue weighted by molar-refractivity contribution is 6.02. The van der Waals surface area contributed by atoms with E-state index in [0.29, 0.717) is 30.8 Å². The predicted molar refractivity (Wildman–Crippen MR) is 109 cm³/mol. The zero-order valence-corrected chi connectivity index (χ0v) is 17.5. The highest BCUT2D eigenvalue weighted by Crippen LogP contribution is 2.38. The molecule has 1 fully saturated rings. The van der Waals surface area contributed by atoms with Gasteiger partial charge in [0.15, 0.2) is 0 Å². The molecule has 2 aliphatic rings. The van der Waals surface area contributed by atoms with Gasteiger partial charge in [0.05, 0.1) is 18.3 Å². The van der Waals surface area contributed by atoms with E-state index in [1.54, 1.807) is 31.0 Å². The van der Waals surface area contributed by atoms with Gasteiger partial charge in [-0.1, -0.05) is 26.0 Å². The standard InChI is InChI=1S/C21H30N4O4/c1-13(2)11-16(24(4)18(26)14(3)22)19(27)25-10-9-21(12-25)20(28)23-15-7-5-6-8-17(15)29-21/h5-8,13-14,16H,9-12,22H2,1-4H3,(H,23,28)/t14-,16-,21?/m0/s1. The molecule has 0 saturated carbocycles. The van der Waals surface area contributed by atoms with Crippen molar-refractivity contribution >= 4 is 23.4 Å². The Morgan fingerprint density at radius 3 is 2.66 bits per heavy atom. The monoisotopic (exact) mass is 402 g/mol. The molecule has 29 heavy (non-hydrogen) atoms. The highest BCUT2D eigenvalue weighted by atomic mass is 16.5. The maximum atomic E-state index is 13.3. The number of fused-ring (bicyclic) bond motifs is 1. The summed E-state index contributed by atoms with van der Waals surface area (Å²) in [5, 5.41) is 2.89. The van der Waals surface area contributed by atoms with Gasteiger partial charge in [-0.25, -0.2) is 0 Å². The third-order valence-corrected chi connectivity index (χ3v) is 5.58. The molecule has 1 aromatic rings. The van der Waals surface area contributed by atoms with Gasteiger partial charge in [-0.15, -0.1) is 0 Å². The number of benzene rings is 1. The number of para-hydroxylation sites is 2. The SMILES string of the molecule is CC(C)C[C@@H](C(=O)N1CCC2(C1)Oc1ccccc1NC2=O)N(C)C(=O)[C@H](C)N. The number of carbonyl (C=O) groups excluding carboxylic acids is 3. The number of nitrogens with zero attached hydrogens (tertiary/aromatic N) is 2. The molecule has 3 N–H and O–H groups in total. The van der Waals surface area contributed by atoms with Gasteiger partial charge in [-0.3, -0.25) is 14.4 Å². The second-order valence-corrected chi connectivity index (χ2v) is 8.44. The maximum absolute atomic E-state index is 13.3. The number of ether oxygens (including phenoxy) is 1. The molecule has 0 aliphatic carbocycles. The van der Waals surface area contributed by atoms with Gasteiger partial charge < -0.3 is 25.6 Å². The lowest BCUT2D eigenvalue weighted by atomic mass is 9.99. The summed E-state index contributed by atoms with van der Waals surface area (Å²) in [5.41, 5.74) is 5.28. The Hall–Kier alpha value is -2.61. The van der Waals surface area contributed by atoms with Crippen molar-refractivity contribution in [2.75, 3.05) is 25.5 Å². The first kappa shape index (κ1) is 21.1. The van der Waals surface area contributed by atoms with Crippen molar-refractivity contribution in [1.82, 2.24) is 9.80 Å². The van der Waals surface area contributed by atoms with Crippen molar-refractivity contribution in [2.45, 2.75) is 51.3 Å². The smallest absolute Gasteiger partial charge is 0.270 e. The van der Waals surface area contributed by atoms with E-state index in [9.17, 15) is 14.4 Å². The predicted octanol–water partition coefficient (Wildman–Crippen LogP) is 1.21. The normalized spacial score (nSPS) is 22.7. The Morgan fingerprint density at radius 1 is 1.31 bits per heavy atom. The summed E-state index contributed by atoms with van der Waals surface area (Å²) in [6.07, 6.45) is 0.922. The van der Waals surface area contributed by atoms with Crippen molar-refractivity contribution in [3.63, 3.8) is 0 Å². The third-order valence-electron chi connectivity index (χ3n) is 5.58. The average Bonchev–Trinajstić information content (AvgIpc) is 3.10. The number of carbonyl (C=O) groups is 3. The summed E-state index contributed by atoms with van der Waals surface area (Å²) in [7, 11) is 1.61. The van der Waals surface area contributed by atoms with Gasteiger partial charge in [0.1, 0.15) is 11.8 Å². The number of likely N-dealkylation sites (tertiary alicyclic amines) is 1. The summed E-state index contributed by atoms with van der Waals surface area (Å²) in [6.45, 7) is 6.16. The van der Waals surface area contributed by atoms with Crippen LogP contribution in [0.25, 0.3) is 0 Å². The Kier molecular flexibility index (Phi) is 5.84. The number of rotatable bonds is 5. The molecule has 0 radical (unpaired) electrons. The number of likely N-dealkylation sites (N-methyl/N-ethyl adjacent to an activating group) is 1. The summed E-state index contributed by atoms with van der Waals surface area (Å²) in [4.78, 5) is 41.6. The van der Waals surface area contributed by atoms with E-state index in [1.807, 2.05) is 26.0 Å². The topological polar surface area (TPSA) is 105 Å². The Morgan fingerprint density at radius 2 is 2.00 bits per heavy atom. The van der Waals surface area contributed by atoms with E-state index >= 15 is 0 Å². The largest absolute Gasteiger partial charge is 0.473 e. The van der Waals surface area contributed by atoms with Crippen LogP contribution < -0.4 is 15.8 Å². The van der Waals surface area contributed by atoms with Gasteiger partial charge in [0.2, 0.25) is 17.4 Å². The van der Waals surface area contributed by atoms with E-state index < -0.39 is 17.7 Å². The Balaban J connectivity index is 1.79. The molecular formula is C21H30N4O4. The average molecular weight is 402 g/mol. The Bertz CT molecular complexity index is 810. The van der Waals surface area contributed by atoms with Crippen LogP contribution in [0.5, 0.6) is 5.75 Å². The zero-order chi connectivity index (χ0) is 21.3. The van der Waals surface area contributed by atoms with Crippen molar-refractivity contribution < 1.29 is 19.1 Å². The van der Waals surface area contributed by atoms with Crippen LogP contribution >= 0.6 is 0 Å². The maximum Gasteiger partial charge on any atom is 0.270 e. The minimum absolute atomic E-state index is 0.154. The Labute approximate surface area is 171 Å². The summed E-state index contributed by atoms with van der Waals surface area (Å²) in [6, 6.07) is 5.95. The van der Waals surface area contributed by atoms with Crippen molar-refractivity contribution in [1.29, 1.82) is 0 Å². The quantitative estimate of drug-likeness (QED) is 0.770. The van der Waals surface area contributed by atoms with Crippen LogP contribution in [-0.2, 0) is 14.4 Å². The van der Waals surface area contributed by atoms with E-state index in [4.69, 9.17) is 10.5 Å².